The highest BCUT2D eigenvalue weighted by molar-refractivity contribution is 5.90. The maximum absolute atomic E-state index is 11.7. The molecular weight excluding hydrogens is 256 g/mol. The minimum atomic E-state index is -0.380. The van der Waals surface area contributed by atoms with Crippen molar-refractivity contribution < 1.29 is 4.79 Å². The van der Waals surface area contributed by atoms with Crippen LogP contribution in [0.15, 0.2) is 48.8 Å². The van der Waals surface area contributed by atoms with Crippen molar-refractivity contribution in [2.75, 3.05) is 10.7 Å². The van der Waals surface area contributed by atoms with Gasteiger partial charge in [0.1, 0.15) is 0 Å². The molecule has 0 saturated heterocycles. The van der Waals surface area contributed by atoms with Crippen LogP contribution in [0.4, 0.5) is 16.4 Å². The molecule has 0 atom stereocenters. The van der Waals surface area contributed by atoms with Gasteiger partial charge >= 0.3 is 6.03 Å². The lowest BCUT2D eigenvalue weighted by molar-refractivity contribution is 0.253. The second kappa shape index (κ2) is 5.27. The van der Waals surface area contributed by atoms with E-state index in [4.69, 9.17) is 0 Å². The maximum atomic E-state index is 11.7. The lowest BCUT2D eigenvalue weighted by Crippen LogP contribution is -2.33. The molecule has 0 spiro atoms. The predicted molar refractivity (Wildman–Crippen MR) is 76.1 cm³/mol. The monoisotopic (exact) mass is 268 g/mol. The summed E-state index contributed by atoms with van der Waals surface area (Å²) in [7, 11) is 0. The van der Waals surface area contributed by atoms with E-state index < -0.39 is 0 Å². The van der Waals surface area contributed by atoms with Gasteiger partial charge in [-0.15, -0.1) is 0 Å². The Bertz CT molecular complexity index is 691. The van der Waals surface area contributed by atoms with Crippen molar-refractivity contribution in [2.45, 2.75) is 0 Å². The van der Waals surface area contributed by atoms with Crippen LogP contribution in [0.1, 0.15) is 0 Å². The summed E-state index contributed by atoms with van der Waals surface area (Å²) in [5.41, 5.74) is 7.46. The fourth-order valence-corrected chi connectivity index (χ4v) is 1.72. The van der Waals surface area contributed by atoms with Crippen molar-refractivity contribution in [2.24, 2.45) is 0 Å². The van der Waals surface area contributed by atoms with E-state index in [2.05, 4.69) is 31.1 Å². The molecule has 0 fully saturated rings. The van der Waals surface area contributed by atoms with Crippen LogP contribution in [0, 0.1) is 0 Å². The summed E-state index contributed by atoms with van der Waals surface area (Å²) in [5, 5.41) is 2.68. The predicted octanol–water partition coefficient (Wildman–Crippen LogP) is 2.11. The van der Waals surface area contributed by atoms with Crippen molar-refractivity contribution in [1.29, 1.82) is 0 Å². The molecule has 0 aliphatic carbocycles. The Morgan fingerprint density at radius 1 is 1.15 bits per heavy atom. The number of aromatic nitrogens is 3. The molecule has 0 saturated carbocycles. The molecule has 7 nitrogen and oxygen atoms in total. The summed E-state index contributed by atoms with van der Waals surface area (Å²) in [6.45, 7) is 0. The van der Waals surface area contributed by atoms with Gasteiger partial charge in [0.25, 0.3) is 0 Å². The quantitative estimate of drug-likeness (QED) is 0.547. The smallest absolute Gasteiger partial charge is 0.321 e. The van der Waals surface area contributed by atoms with Crippen molar-refractivity contribution >= 4 is 28.7 Å². The van der Waals surface area contributed by atoms with Gasteiger partial charge in [0.15, 0.2) is 0 Å². The number of hydrogen-bond donors (Lipinski definition) is 4. The zero-order chi connectivity index (χ0) is 13.8. The first-order valence-corrected chi connectivity index (χ1v) is 5.99. The summed E-state index contributed by atoms with van der Waals surface area (Å²) in [4.78, 5) is 22.9. The highest BCUT2D eigenvalue weighted by Crippen LogP contribution is 2.11. The summed E-state index contributed by atoms with van der Waals surface area (Å²) in [6, 6.07) is 10.6. The lowest BCUT2D eigenvalue weighted by atomic mass is 10.3. The molecule has 3 rings (SSSR count). The van der Waals surface area contributed by atoms with Gasteiger partial charge in [-0.25, -0.2) is 15.2 Å². The molecule has 0 bridgehead atoms. The van der Waals surface area contributed by atoms with E-state index in [0.29, 0.717) is 11.6 Å². The molecule has 2 aromatic heterocycles. The number of fused-ring (bicyclic) bond motifs is 1. The topological polar surface area (TPSA) is 94.7 Å². The Morgan fingerprint density at radius 2 is 2.00 bits per heavy atom. The molecule has 4 N–H and O–H groups in total. The average molecular weight is 268 g/mol. The second-order valence-corrected chi connectivity index (χ2v) is 4.05. The van der Waals surface area contributed by atoms with E-state index in [-0.39, 0.29) is 6.03 Å². The van der Waals surface area contributed by atoms with Gasteiger partial charge in [0.2, 0.25) is 5.95 Å². The molecule has 100 valence electrons. The number of nitrogens with one attached hydrogen (secondary N) is 4. The Balaban J connectivity index is 1.60. The molecule has 0 radical (unpaired) electrons. The molecule has 1 aromatic carbocycles. The van der Waals surface area contributed by atoms with Crippen LogP contribution in [0.5, 0.6) is 0 Å². The first-order chi connectivity index (χ1) is 9.81. The Hall–Kier alpha value is -3.09. The fraction of sp³-hybridized carbons (Fsp3) is 0. The SMILES string of the molecule is O=C(NNc1nc2ccncc2[nH]1)Nc1ccccc1. The number of hydrazine groups is 1. The normalized spacial score (nSPS) is 10.2. The second-order valence-electron chi connectivity index (χ2n) is 4.05. The number of rotatable bonds is 3. The number of para-hydroxylation sites is 1. The molecule has 3 aromatic rings. The third-order valence-corrected chi connectivity index (χ3v) is 2.61. The minimum absolute atomic E-state index is 0.380. The minimum Gasteiger partial charge on any atom is -0.321 e. The van der Waals surface area contributed by atoms with Gasteiger partial charge in [0, 0.05) is 11.9 Å². The largest absolute Gasteiger partial charge is 0.337 e. The number of carbonyl (C=O) groups is 1. The number of amides is 2. The average Bonchev–Trinajstić information content (AvgIpc) is 2.89. The number of aromatic amines is 1. The maximum Gasteiger partial charge on any atom is 0.337 e. The highest BCUT2D eigenvalue weighted by atomic mass is 16.2. The zero-order valence-electron chi connectivity index (χ0n) is 10.4. The first kappa shape index (κ1) is 12.0. The van der Waals surface area contributed by atoms with E-state index in [1.54, 1.807) is 30.6 Å². The van der Waals surface area contributed by atoms with E-state index in [0.717, 1.165) is 11.0 Å². The number of nitrogens with zero attached hydrogens (tertiary/aromatic N) is 2. The van der Waals surface area contributed by atoms with E-state index in [9.17, 15) is 4.79 Å². The lowest BCUT2D eigenvalue weighted by Gasteiger charge is -2.07. The molecule has 20 heavy (non-hydrogen) atoms. The molecule has 0 aliphatic rings. The van der Waals surface area contributed by atoms with Crippen LogP contribution in [-0.2, 0) is 0 Å². The molecule has 0 unspecified atom stereocenters. The number of hydrogen-bond acceptors (Lipinski definition) is 4. The zero-order valence-corrected chi connectivity index (χ0v) is 10.4. The van der Waals surface area contributed by atoms with Gasteiger partial charge in [-0.1, -0.05) is 18.2 Å². The molecular formula is C13H12N6O. The van der Waals surface area contributed by atoms with Crippen molar-refractivity contribution in [1.82, 2.24) is 20.4 Å². The third-order valence-electron chi connectivity index (χ3n) is 2.61. The summed E-state index contributed by atoms with van der Waals surface area (Å²) < 4.78 is 0. The van der Waals surface area contributed by atoms with Crippen LogP contribution in [0.2, 0.25) is 0 Å². The van der Waals surface area contributed by atoms with Crippen LogP contribution >= 0.6 is 0 Å². The highest BCUT2D eigenvalue weighted by Gasteiger charge is 2.04. The van der Waals surface area contributed by atoms with Gasteiger partial charge in [-0.3, -0.25) is 10.4 Å². The summed E-state index contributed by atoms with van der Waals surface area (Å²) >= 11 is 0. The van der Waals surface area contributed by atoms with Crippen LogP contribution < -0.4 is 16.2 Å². The summed E-state index contributed by atoms with van der Waals surface area (Å²) in [6.07, 6.45) is 3.32. The third kappa shape index (κ3) is 2.66. The number of carbonyl (C=O) groups excluding carboxylic acids is 1. The number of urea groups is 1. The van der Waals surface area contributed by atoms with Gasteiger partial charge in [0.05, 0.1) is 17.2 Å². The van der Waals surface area contributed by atoms with Crippen LogP contribution in [0.25, 0.3) is 11.0 Å². The van der Waals surface area contributed by atoms with E-state index in [1.165, 1.54) is 0 Å². The number of pyridine rings is 1. The van der Waals surface area contributed by atoms with E-state index in [1.807, 2.05) is 18.2 Å². The summed E-state index contributed by atoms with van der Waals surface area (Å²) in [5.74, 6) is 0.441. The van der Waals surface area contributed by atoms with Crippen LogP contribution in [-0.4, -0.2) is 21.0 Å². The van der Waals surface area contributed by atoms with Crippen LogP contribution in [0.3, 0.4) is 0 Å². The van der Waals surface area contributed by atoms with Crippen molar-refractivity contribution in [3.05, 3.63) is 48.8 Å². The number of imidazole rings is 1. The number of H-pyrrole nitrogens is 1. The van der Waals surface area contributed by atoms with Gasteiger partial charge < -0.3 is 10.3 Å². The molecule has 7 heteroatoms. The van der Waals surface area contributed by atoms with Crippen molar-refractivity contribution in [3.8, 4) is 0 Å². The van der Waals surface area contributed by atoms with Gasteiger partial charge in [-0.2, -0.15) is 0 Å². The van der Waals surface area contributed by atoms with Crippen molar-refractivity contribution in [3.63, 3.8) is 0 Å². The Labute approximate surface area is 114 Å². The fourth-order valence-electron chi connectivity index (χ4n) is 1.72. The standard InChI is InChI=1S/C13H12N6O/c20-13(15-9-4-2-1-3-5-9)19-18-12-16-10-6-7-14-8-11(10)17-12/h1-8H,(H2,15,19,20)(H2,16,17,18). The Kier molecular flexibility index (Phi) is 3.15. The molecule has 0 aliphatic heterocycles. The molecule has 2 amide bonds. The van der Waals surface area contributed by atoms with Gasteiger partial charge in [-0.05, 0) is 18.2 Å². The number of benzene rings is 1. The van der Waals surface area contributed by atoms with E-state index >= 15 is 0 Å². The Morgan fingerprint density at radius 3 is 2.80 bits per heavy atom. The first-order valence-electron chi connectivity index (χ1n) is 5.99. The number of anilines is 2. The molecule has 2 heterocycles.